The summed E-state index contributed by atoms with van der Waals surface area (Å²) in [6, 6.07) is 0.511. The quantitative estimate of drug-likeness (QED) is 0.582. The molecule has 2 N–H and O–H groups in total. The zero-order chi connectivity index (χ0) is 7.72. The Morgan fingerprint density at radius 1 is 1.80 bits per heavy atom. The Morgan fingerprint density at radius 3 is 2.60 bits per heavy atom. The first-order valence-corrected chi connectivity index (χ1v) is 3.48. The fourth-order valence-electron chi connectivity index (χ4n) is 1.01. The standard InChI is InChI=1S/C7H13FN2/c1-5-4-10(5)6(2)7(8)3-9/h5H,3-4,9H2,1-2H3/b7-6+. The fraction of sp³-hybridized carbons (Fsp3) is 0.714. The summed E-state index contributed by atoms with van der Waals surface area (Å²) in [5, 5.41) is 0. The van der Waals surface area contributed by atoms with Crippen LogP contribution < -0.4 is 5.73 Å². The smallest absolute Gasteiger partial charge is 0.132 e. The summed E-state index contributed by atoms with van der Waals surface area (Å²) in [5.41, 5.74) is 5.83. The Labute approximate surface area is 60.5 Å². The Bertz CT molecular complexity index is 165. The van der Waals surface area contributed by atoms with Gasteiger partial charge in [0.15, 0.2) is 0 Å². The van der Waals surface area contributed by atoms with Crippen molar-refractivity contribution >= 4 is 0 Å². The van der Waals surface area contributed by atoms with Crippen molar-refractivity contribution in [1.29, 1.82) is 0 Å². The SMILES string of the molecule is C/C(=C(\F)CN)N1CC1C. The molecule has 1 aliphatic rings. The summed E-state index contributed by atoms with van der Waals surface area (Å²) in [6.45, 7) is 4.83. The van der Waals surface area contributed by atoms with Gasteiger partial charge in [-0.2, -0.15) is 0 Å². The Morgan fingerprint density at radius 2 is 2.30 bits per heavy atom. The van der Waals surface area contributed by atoms with Gasteiger partial charge in [0, 0.05) is 24.8 Å². The maximum absolute atomic E-state index is 12.7. The molecule has 0 radical (unpaired) electrons. The van der Waals surface area contributed by atoms with Crippen LogP contribution in [0.3, 0.4) is 0 Å². The normalized spacial score (nSPS) is 26.4. The van der Waals surface area contributed by atoms with Gasteiger partial charge < -0.3 is 10.6 Å². The molecule has 2 nitrogen and oxygen atoms in total. The minimum absolute atomic E-state index is 0.0229. The van der Waals surface area contributed by atoms with Crippen molar-refractivity contribution < 1.29 is 4.39 Å². The van der Waals surface area contributed by atoms with Crippen LogP contribution >= 0.6 is 0 Å². The van der Waals surface area contributed by atoms with E-state index in [4.69, 9.17) is 5.73 Å². The third-order valence-corrected chi connectivity index (χ3v) is 1.86. The molecule has 58 valence electrons. The number of allylic oxidation sites excluding steroid dienone is 1. The summed E-state index contributed by atoms with van der Waals surface area (Å²) >= 11 is 0. The third-order valence-electron chi connectivity index (χ3n) is 1.86. The molecule has 0 bridgehead atoms. The monoisotopic (exact) mass is 144 g/mol. The Balaban J connectivity index is 2.55. The molecule has 3 heteroatoms. The lowest BCUT2D eigenvalue weighted by Crippen LogP contribution is -2.06. The first-order valence-electron chi connectivity index (χ1n) is 3.48. The van der Waals surface area contributed by atoms with Crippen molar-refractivity contribution in [3.8, 4) is 0 Å². The highest BCUT2D eigenvalue weighted by molar-refractivity contribution is 5.12. The van der Waals surface area contributed by atoms with Crippen molar-refractivity contribution in [3.05, 3.63) is 11.5 Å². The van der Waals surface area contributed by atoms with E-state index in [0.29, 0.717) is 11.7 Å². The van der Waals surface area contributed by atoms with E-state index >= 15 is 0 Å². The topological polar surface area (TPSA) is 29.0 Å². The molecule has 0 saturated carbocycles. The number of hydrogen-bond acceptors (Lipinski definition) is 2. The van der Waals surface area contributed by atoms with Crippen LogP contribution in [0.5, 0.6) is 0 Å². The van der Waals surface area contributed by atoms with Crippen molar-refractivity contribution in [3.63, 3.8) is 0 Å². The highest BCUT2D eigenvalue weighted by atomic mass is 19.1. The molecule has 1 fully saturated rings. The molecule has 1 atom stereocenters. The van der Waals surface area contributed by atoms with E-state index in [-0.39, 0.29) is 12.4 Å². The predicted octanol–water partition coefficient (Wildman–Crippen LogP) is 0.850. The molecular weight excluding hydrogens is 131 g/mol. The van der Waals surface area contributed by atoms with Gasteiger partial charge in [-0.1, -0.05) is 0 Å². The van der Waals surface area contributed by atoms with Crippen molar-refractivity contribution in [1.82, 2.24) is 4.90 Å². The van der Waals surface area contributed by atoms with Crippen LogP contribution in [-0.2, 0) is 0 Å². The van der Waals surface area contributed by atoms with Gasteiger partial charge in [-0.15, -0.1) is 0 Å². The van der Waals surface area contributed by atoms with Crippen LogP contribution in [0.15, 0.2) is 11.5 Å². The van der Waals surface area contributed by atoms with Gasteiger partial charge in [0.1, 0.15) is 5.83 Å². The summed E-state index contributed by atoms with van der Waals surface area (Å²) < 4.78 is 12.7. The van der Waals surface area contributed by atoms with Crippen LogP contribution in [0.1, 0.15) is 13.8 Å². The molecule has 1 heterocycles. The Kier molecular flexibility index (Phi) is 1.94. The van der Waals surface area contributed by atoms with Gasteiger partial charge >= 0.3 is 0 Å². The molecule has 1 aliphatic heterocycles. The first-order chi connectivity index (χ1) is 4.66. The second-order valence-electron chi connectivity index (χ2n) is 2.70. The average molecular weight is 144 g/mol. The van der Waals surface area contributed by atoms with Crippen molar-refractivity contribution in [2.75, 3.05) is 13.1 Å². The molecule has 0 aromatic rings. The molecule has 0 aliphatic carbocycles. The maximum Gasteiger partial charge on any atom is 0.132 e. The van der Waals surface area contributed by atoms with Gasteiger partial charge in [-0.25, -0.2) is 4.39 Å². The predicted molar refractivity (Wildman–Crippen MR) is 39.0 cm³/mol. The zero-order valence-corrected chi connectivity index (χ0v) is 6.39. The van der Waals surface area contributed by atoms with E-state index in [1.807, 2.05) is 4.90 Å². The minimum atomic E-state index is -0.190. The molecule has 1 unspecified atom stereocenters. The molecular formula is C7H13FN2. The van der Waals surface area contributed by atoms with Crippen LogP contribution in [0, 0.1) is 0 Å². The molecule has 10 heavy (non-hydrogen) atoms. The number of nitrogens with two attached hydrogens (primary N) is 1. The summed E-state index contributed by atoms with van der Waals surface area (Å²) in [4.78, 5) is 1.99. The second kappa shape index (κ2) is 2.58. The molecule has 0 spiro atoms. The van der Waals surface area contributed by atoms with Crippen LogP contribution in [0.2, 0.25) is 0 Å². The van der Waals surface area contributed by atoms with E-state index in [0.717, 1.165) is 6.54 Å². The lowest BCUT2D eigenvalue weighted by molar-refractivity contribution is 0.538. The van der Waals surface area contributed by atoms with Crippen LogP contribution in [0.25, 0.3) is 0 Å². The highest BCUT2D eigenvalue weighted by Crippen LogP contribution is 2.25. The van der Waals surface area contributed by atoms with Crippen LogP contribution in [-0.4, -0.2) is 24.0 Å². The van der Waals surface area contributed by atoms with Crippen LogP contribution in [0.4, 0.5) is 4.39 Å². The Hall–Kier alpha value is -0.570. The largest absolute Gasteiger partial charge is 0.366 e. The number of nitrogens with zero attached hydrogens (tertiary/aromatic N) is 1. The van der Waals surface area contributed by atoms with E-state index < -0.39 is 0 Å². The fourth-order valence-corrected chi connectivity index (χ4v) is 1.01. The molecule has 1 saturated heterocycles. The average Bonchev–Trinajstić information content (AvgIpc) is 2.63. The number of rotatable bonds is 2. The van der Waals surface area contributed by atoms with E-state index in [1.165, 1.54) is 0 Å². The number of hydrogen-bond donors (Lipinski definition) is 1. The lowest BCUT2D eigenvalue weighted by atomic mass is 10.4. The maximum atomic E-state index is 12.7. The first kappa shape index (κ1) is 7.54. The second-order valence-corrected chi connectivity index (χ2v) is 2.70. The van der Waals surface area contributed by atoms with E-state index in [1.54, 1.807) is 6.92 Å². The van der Waals surface area contributed by atoms with Gasteiger partial charge in [-0.05, 0) is 13.8 Å². The minimum Gasteiger partial charge on any atom is -0.366 e. The summed E-state index contributed by atoms with van der Waals surface area (Å²) in [7, 11) is 0. The molecule has 0 aromatic heterocycles. The molecule has 0 aromatic carbocycles. The van der Waals surface area contributed by atoms with Gasteiger partial charge in [0.05, 0.1) is 0 Å². The van der Waals surface area contributed by atoms with Gasteiger partial charge in [0.25, 0.3) is 0 Å². The van der Waals surface area contributed by atoms with Gasteiger partial charge in [0.2, 0.25) is 0 Å². The number of halogens is 1. The lowest BCUT2D eigenvalue weighted by Gasteiger charge is -2.04. The summed E-state index contributed by atoms with van der Waals surface area (Å²) in [5.74, 6) is -0.190. The highest BCUT2D eigenvalue weighted by Gasteiger charge is 2.30. The van der Waals surface area contributed by atoms with E-state index in [9.17, 15) is 4.39 Å². The zero-order valence-electron chi connectivity index (χ0n) is 6.39. The van der Waals surface area contributed by atoms with Crippen molar-refractivity contribution in [2.24, 2.45) is 5.73 Å². The van der Waals surface area contributed by atoms with Crippen molar-refractivity contribution in [2.45, 2.75) is 19.9 Å². The molecule has 0 amide bonds. The van der Waals surface area contributed by atoms with E-state index in [2.05, 4.69) is 6.92 Å². The van der Waals surface area contributed by atoms with Gasteiger partial charge in [-0.3, -0.25) is 0 Å². The summed E-state index contributed by atoms with van der Waals surface area (Å²) in [6.07, 6.45) is 0. The third kappa shape index (κ3) is 1.29. The molecule has 1 rings (SSSR count).